The van der Waals surface area contributed by atoms with Crippen LogP contribution in [0.1, 0.15) is 194 Å². The van der Waals surface area contributed by atoms with E-state index in [0.717, 1.165) is 51.4 Å². The molecule has 1 amide bonds. The summed E-state index contributed by atoms with van der Waals surface area (Å²) in [4.78, 5) is 12.9. The molecule has 0 radical (unpaired) electrons. The first-order valence-corrected chi connectivity index (χ1v) is 22.7. The van der Waals surface area contributed by atoms with E-state index in [-0.39, 0.29) is 12.5 Å². The Labute approximate surface area is 336 Å². The first-order valence-electron chi connectivity index (χ1n) is 22.7. The molecular weight excluding hydrogens is 695 g/mol. The Bertz CT molecular complexity index is 956. The Morgan fingerprint density at radius 3 is 1.53 bits per heavy atom. The highest BCUT2D eigenvalue weighted by Crippen LogP contribution is 2.22. The second-order valence-corrected chi connectivity index (χ2v) is 15.8. The number of carbonyl (C=O) groups is 1. The molecule has 0 aromatic rings. The standard InChI is InChI=1S/C46H85NO8/c1-3-5-7-9-11-13-15-17-18-19-20-21-22-24-26-28-30-32-34-36-42(50)47-39(38-54-46-45(53)44(52)43(51)41(37-48)55-46)40(49)35-33-31-29-27-25-23-16-14-12-10-8-6-4-2/h12,14,25,27,33,35,39-41,43-46,48-49,51-53H,3-11,13,15-24,26,28-32,34,36-38H2,1-2H3,(H,47,50)/b14-12+,27-25+,35-33+. The van der Waals surface area contributed by atoms with Crippen molar-refractivity contribution in [1.82, 2.24) is 5.32 Å². The molecule has 9 nitrogen and oxygen atoms in total. The third kappa shape index (κ3) is 27.6. The van der Waals surface area contributed by atoms with Crippen molar-refractivity contribution in [2.75, 3.05) is 13.2 Å². The van der Waals surface area contributed by atoms with Crippen molar-refractivity contribution in [3.63, 3.8) is 0 Å². The van der Waals surface area contributed by atoms with E-state index in [1.54, 1.807) is 6.08 Å². The lowest BCUT2D eigenvalue weighted by Gasteiger charge is -2.40. The Morgan fingerprint density at radius 2 is 1.04 bits per heavy atom. The third-order valence-electron chi connectivity index (χ3n) is 10.7. The summed E-state index contributed by atoms with van der Waals surface area (Å²) in [5.41, 5.74) is 0. The number of hydrogen-bond acceptors (Lipinski definition) is 8. The lowest BCUT2D eigenvalue weighted by atomic mass is 9.99. The number of amides is 1. The summed E-state index contributed by atoms with van der Waals surface area (Å²) < 4.78 is 11.2. The van der Waals surface area contributed by atoms with Crippen molar-refractivity contribution in [1.29, 1.82) is 0 Å². The molecule has 7 atom stereocenters. The zero-order valence-corrected chi connectivity index (χ0v) is 35.2. The Hall–Kier alpha value is -1.59. The number of ether oxygens (including phenoxy) is 2. The van der Waals surface area contributed by atoms with E-state index < -0.39 is 49.5 Å². The average molecular weight is 780 g/mol. The van der Waals surface area contributed by atoms with Gasteiger partial charge in [-0.1, -0.05) is 179 Å². The highest BCUT2D eigenvalue weighted by Gasteiger charge is 2.44. The number of aliphatic hydroxyl groups is 5. The largest absolute Gasteiger partial charge is 0.394 e. The molecule has 1 saturated heterocycles. The minimum absolute atomic E-state index is 0.191. The van der Waals surface area contributed by atoms with E-state index in [1.807, 2.05) is 6.08 Å². The van der Waals surface area contributed by atoms with Gasteiger partial charge in [0.25, 0.3) is 0 Å². The predicted octanol–water partition coefficient (Wildman–Crippen LogP) is 9.28. The molecule has 6 N–H and O–H groups in total. The smallest absolute Gasteiger partial charge is 0.220 e. The van der Waals surface area contributed by atoms with Gasteiger partial charge in [-0.25, -0.2) is 0 Å². The Kier molecular flexibility index (Phi) is 34.3. The van der Waals surface area contributed by atoms with E-state index >= 15 is 0 Å². The monoisotopic (exact) mass is 780 g/mol. The van der Waals surface area contributed by atoms with E-state index in [2.05, 4.69) is 43.5 Å². The van der Waals surface area contributed by atoms with Crippen molar-refractivity contribution >= 4 is 5.91 Å². The van der Waals surface area contributed by atoms with Crippen LogP contribution in [0.3, 0.4) is 0 Å². The van der Waals surface area contributed by atoms with Gasteiger partial charge in [-0.3, -0.25) is 4.79 Å². The highest BCUT2D eigenvalue weighted by atomic mass is 16.7. The van der Waals surface area contributed by atoms with Gasteiger partial charge in [0, 0.05) is 6.42 Å². The maximum atomic E-state index is 12.9. The first kappa shape index (κ1) is 51.4. The minimum Gasteiger partial charge on any atom is -0.394 e. The number of nitrogens with one attached hydrogen (secondary N) is 1. The molecule has 7 unspecified atom stereocenters. The van der Waals surface area contributed by atoms with Crippen LogP contribution in [0, 0.1) is 0 Å². The normalized spacial score (nSPS) is 21.6. The maximum absolute atomic E-state index is 12.9. The Balaban J connectivity index is 2.35. The number of allylic oxidation sites excluding steroid dienone is 5. The maximum Gasteiger partial charge on any atom is 0.220 e. The van der Waals surface area contributed by atoms with Gasteiger partial charge in [0.05, 0.1) is 25.4 Å². The van der Waals surface area contributed by atoms with E-state index in [0.29, 0.717) is 6.42 Å². The number of aliphatic hydroxyl groups excluding tert-OH is 5. The summed E-state index contributed by atoms with van der Waals surface area (Å²) in [6.07, 6.45) is 37.6. The van der Waals surface area contributed by atoms with Crippen LogP contribution in [0.25, 0.3) is 0 Å². The van der Waals surface area contributed by atoms with Crippen molar-refractivity contribution in [2.24, 2.45) is 0 Å². The average Bonchev–Trinajstić information content (AvgIpc) is 3.18. The Morgan fingerprint density at radius 1 is 0.600 bits per heavy atom. The molecule has 0 spiro atoms. The predicted molar refractivity (Wildman–Crippen MR) is 226 cm³/mol. The van der Waals surface area contributed by atoms with Crippen LogP contribution in [0.4, 0.5) is 0 Å². The van der Waals surface area contributed by atoms with Crippen LogP contribution in [0.15, 0.2) is 36.5 Å². The molecule has 0 aromatic carbocycles. The van der Waals surface area contributed by atoms with Gasteiger partial charge in [0.2, 0.25) is 5.91 Å². The molecule has 0 saturated carbocycles. The summed E-state index contributed by atoms with van der Waals surface area (Å²) in [7, 11) is 0. The van der Waals surface area contributed by atoms with Gasteiger partial charge >= 0.3 is 0 Å². The molecule has 0 aromatic heterocycles. The van der Waals surface area contributed by atoms with Crippen LogP contribution >= 0.6 is 0 Å². The second-order valence-electron chi connectivity index (χ2n) is 15.8. The fourth-order valence-corrected chi connectivity index (χ4v) is 7.01. The fourth-order valence-electron chi connectivity index (χ4n) is 7.01. The highest BCUT2D eigenvalue weighted by molar-refractivity contribution is 5.76. The lowest BCUT2D eigenvalue weighted by molar-refractivity contribution is -0.302. The lowest BCUT2D eigenvalue weighted by Crippen LogP contribution is -2.60. The number of hydrogen-bond donors (Lipinski definition) is 6. The fraction of sp³-hybridized carbons (Fsp3) is 0.848. The molecule has 1 heterocycles. The van der Waals surface area contributed by atoms with Crippen LogP contribution in [-0.4, -0.2) is 87.5 Å². The van der Waals surface area contributed by atoms with Gasteiger partial charge in [-0.05, 0) is 44.9 Å². The SMILES string of the molecule is CCCCC/C=C/CC/C=C/CC/C=C/C(O)C(COC1OC(CO)C(O)C(O)C1O)NC(=O)CCCCCCCCCCCCCCCCCCCCC. The molecule has 1 fully saturated rings. The zero-order valence-electron chi connectivity index (χ0n) is 35.2. The summed E-state index contributed by atoms with van der Waals surface area (Å²) in [5.74, 6) is -0.191. The van der Waals surface area contributed by atoms with Gasteiger partial charge < -0.3 is 40.3 Å². The molecule has 0 aliphatic carbocycles. The first-order chi connectivity index (χ1) is 26.8. The van der Waals surface area contributed by atoms with Gasteiger partial charge in [0.1, 0.15) is 24.4 Å². The molecule has 55 heavy (non-hydrogen) atoms. The quantitative estimate of drug-likeness (QED) is 0.0270. The van der Waals surface area contributed by atoms with Crippen molar-refractivity contribution in [3.05, 3.63) is 36.5 Å². The molecule has 1 aliphatic heterocycles. The van der Waals surface area contributed by atoms with Gasteiger partial charge in [0.15, 0.2) is 6.29 Å². The van der Waals surface area contributed by atoms with Gasteiger partial charge in [-0.15, -0.1) is 0 Å². The van der Waals surface area contributed by atoms with Crippen LogP contribution in [-0.2, 0) is 14.3 Å². The van der Waals surface area contributed by atoms with Crippen LogP contribution < -0.4 is 5.32 Å². The summed E-state index contributed by atoms with van der Waals surface area (Å²) in [6, 6.07) is -0.823. The summed E-state index contributed by atoms with van der Waals surface area (Å²) >= 11 is 0. The molecule has 322 valence electrons. The summed E-state index contributed by atoms with van der Waals surface area (Å²) in [5, 5.41) is 54.1. The van der Waals surface area contributed by atoms with E-state index in [4.69, 9.17) is 9.47 Å². The second kappa shape index (κ2) is 36.7. The number of unbranched alkanes of at least 4 members (excludes halogenated alkanes) is 23. The third-order valence-corrected chi connectivity index (χ3v) is 10.7. The zero-order chi connectivity index (χ0) is 40.2. The molecule has 0 bridgehead atoms. The number of carbonyl (C=O) groups excluding carboxylic acids is 1. The van der Waals surface area contributed by atoms with Crippen LogP contribution in [0.2, 0.25) is 0 Å². The minimum atomic E-state index is -1.57. The number of rotatable bonds is 37. The van der Waals surface area contributed by atoms with Crippen molar-refractivity contribution < 1.29 is 39.8 Å². The van der Waals surface area contributed by atoms with E-state index in [1.165, 1.54) is 122 Å². The van der Waals surface area contributed by atoms with E-state index in [9.17, 15) is 30.3 Å². The molecule has 1 rings (SSSR count). The van der Waals surface area contributed by atoms with Crippen molar-refractivity contribution in [3.8, 4) is 0 Å². The molecular formula is C46H85NO8. The van der Waals surface area contributed by atoms with Crippen molar-refractivity contribution in [2.45, 2.75) is 236 Å². The molecule has 1 aliphatic rings. The van der Waals surface area contributed by atoms with Gasteiger partial charge in [-0.2, -0.15) is 0 Å². The van der Waals surface area contributed by atoms with Crippen LogP contribution in [0.5, 0.6) is 0 Å². The topological polar surface area (TPSA) is 149 Å². The molecule has 9 heteroatoms. The summed E-state index contributed by atoms with van der Waals surface area (Å²) in [6.45, 7) is 3.72.